The van der Waals surface area contributed by atoms with E-state index < -0.39 is 0 Å². The molecule has 0 unspecified atom stereocenters. The highest BCUT2D eigenvalue weighted by Gasteiger charge is 2.64. The summed E-state index contributed by atoms with van der Waals surface area (Å²) in [4.78, 5) is 12.6. The first kappa shape index (κ1) is 24.6. The summed E-state index contributed by atoms with van der Waals surface area (Å²) in [6.45, 7) is 4.94. The number of nitrogens with zero attached hydrogens (tertiary/aromatic N) is 1. The Morgan fingerprint density at radius 2 is 2.09 bits per heavy atom. The molecule has 8 heteroatoms. The summed E-state index contributed by atoms with van der Waals surface area (Å²) in [5, 5.41) is 5.36. The lowest BCUT2D eigenvalue weighted by atomic mass is 9.90. The van der Waals surface area contributed by atoms with Crippen LogP contribution in [0.3, 0.4) is 0 Å². The molecule has 2 aliphatic rings. The summed E-state index contributed by atoms with van der Waals surface area (Å²) >= 11 is 14.5. The van der Waals surface area contributed by atoms with Crippen LogP contribution in [0.25, 0.3) is 0 Å². The van der Waals surface area contributed by atoms with Crippen LogP contribution in [-0.2, 0) is 11.4 Å². The van der Waals surface area contributed by atoms with Crippen molar-refractivity contribution >= 4 is 57.9 Å². The van der Waals surface area contributed by atoms with Crippen molar-refractivity contribution < 1.29 is 14.3 Å². The zero-order valence-corrected chi connectivity index (χ0v) is 22.3. The van der Waals surface area contributed by atoms with Gasteiger partial charge in [0.15, 0.2) is 11.5 Å². The van der Waals surface area contributed by atoms with Gasteiger partial charge < -0.3 is 9.47 Å². The normalized spacial score (nSPS) is 23.8. The predicted octanol–water partition coefficient (Wildman–Crippen LogP) is 6.85. The minimum absolute atomic E-state index is 0.0279. The van der Waals surface area contributed by atoms with Crippen molar-refractivity contribution in [3.05, 3.63) is 55.1 Å². The maximum atomic E-state index is 12.6. The Bertz CT molecular complexity index is 1080. The largest absolute Gasteiger partial charge is 0.490 e. The molecule has 0 aromatic heterocycles. The standard InChI is InChI=1S/C25H27Cl2IN2O3/c1-3-32-21-11-15(13-29-30-24(31)22-18-6-4-5-9-25(18,22)2)10-20(28)23(21)33-14-16-7-8-17(26)12-19(16)27/h7-8,10-13,18,22H,3-6,9,14H2,1-2H3,(H,30,31)/b29-13-/t18-,22-,25-/m0/s1. The molecular formula is C25H27Cl2IN2O3. The topological polar surface area (TPSA) is 59.9 Å². The van der Waals surface area contributed by atoms with Gasteiger partial charge in [0.1, 0.15) is 6.61 Å². The maximum Gasteiger partial charge on any atom is 0.244 e. The number of hydrazone groups is 1. The van der Waals surface area contributed by atoms with Crippen LogP contribution in [0.1, 0.15) is 50.7 Å². The second kappa shape index (κ2) is 10.4. The highest BCUT2D eigenvalue weighted by Crippen LogP contribution is 2.66. The van der Waals surface area contributed by atoms with E-state index in [0.717, 1.165) is 27.5 Å². The Hall–Kier alpha value is -1.51. The smallest absolute Gasteiger partial charge is 0.244 e. The van der Waals surface area contributed by atoms with Crippen LogP contribution in [0.2, 0.25) is 10.0 Å². The lowest BCUT2D eigenvalue weighted by Crippen LogP contribution is -2.22. The number of ether oxygens (including phenoxy) is 2. The Kier molecular flexibility index (Phi) is 7.76. The van der Waals surface area contributed by atoms with E-state index in [1.54, 1.807) is 18.3 Å². The van der Waals surface area contributed by atoms with Gasteiger partial charge in [-0.25, -0.2) is 5.43 Å². The van der Waals surface area contributed by atoms with Gasteiger partial charge in [0.25, 0.3) is 0 Å². The van der Waals surface area contributed by atoms with Crippen LogP contribution in [0.4, 0.5) is 0 Å². The molecule has 0 saturated heterocycles. The molecule has 0 aliphatic heterocycles. The van der Waals surface area contributed by atoms with E-state index in [0.29, 0.717) is 34.1 Å². The number of rotatable bonds is 8. The SMILES string of the molecule is CCOc1cc(/C=N\NC(=O)[C@@H]2[C@@H]3CCCC[C@]23C)cc(I)c1OCc1ccc(Cl)cc1Cl. The maximum absolute atomic E-state index is 12.6. The molecule has 2 aromatic rings. The molecule has 0 radical (unpaired) electrons. The number of carbonyl (C=O) groups excluding carboxylic acids is 1. The van der Waals surface area contributed by atoms with Gasteiger partial charge in [-0.3, -0.25) is 4.79 Å². The van der Waals surface area contributed by atoms with Crippen molar-refractivity contribution in [3.63, 3.8) is 0 Å². The molecule has 0 spiro atoms. The fraction of sp³-hybridized carbons (Fsp3) is 0.440. The molecule has 176 valence electrons. The number of nitrogens with one attached hydrogen (secondary N) is 1. The van der Waals surface area contributed by atoms with Crippen LogP contribution in [0.5, 0.6) is 11.5 Å². The van der Waals surface area contributed by atoms with E-state index in [1.807, 2.05) is 25.1 Å². The number of hydrogen-bond donors (Lipinski definition) is 1. The summed E-state index contributed by atoms with van der Waals surface area (Å²) in [5.74, 6) is 1.88. The first-order valence-corrected chi connectivity index (χ1v) is 13.0. The van der Waals surface area contributed by atoms with E-state index >= 15 is 0 Å². The molecule has 4 rings (SSSR count). The van der Waals surface area contributed by atoms with E-state index in [1.165, 1.54) is 12.8 Å². The molecule has 33 heavy (non-hydrogen) atoms. The first-order chi connectivity index (χ1) is 15.8. The third kappa shape index (κ3) is 5.43. The number of hydrogen-bond acceptors (Lipinski definition) is 4. The number of fused-ring (bicyclic) bond motifs is 1. The van der Waals surface area contributed by atoms with E-state index in [4.69, 9.17) is 32.7 Å². The zero-order valence-electron chi connectivity index (χ0n) is 18.7. The summed E-state index contributed by atoms with van der Waals surface area (Å²) in [6.07, 6.45) is 6.38. The molecule has 0 heterocycles. The Balaban J connectivity index is 1.43. The predicted molar refractivity (Wildman–Crippen MR) is 140 cm³/mol. The fourth-order valence-electron chi connectivity index (χ4n) is 4.94. The van der Waals surface area contributed by atoms with Gasteiger partial charge in [-0.15, -0.1) is 0 Å². The Morgan fingerprint density at radius 1 is 1.27 bits per heavy atom. The van der Waals surface area contributed by atoms with Crippen molar-refractivity contribution in [2.24, 2.45) is 22.4 Å². The van der Waals surface area contributed by atoms with E-state index in [9.17, 15) is 4.79 Å². The lowest BCUT2D eigenvalue weighted by molar-refractivity contribution is -0.123. The fourth-order valence-corrected chi connectivity index (χ4v) is 6.19. The van der Waals surface area contributed by atoms with Gasteiger partial charge in [0.05, 0.1) is 16.4 Å². The van der Waals surface area contributed by atoms with Crippen molar-refractivity contribution in [2.75, 3.05) is 6.61 Å². The first-order valence-electron chi connectivity index (χ1n) is 11.2. The molecule has 2 aromatic carbocycles. The molecule has 3 atom stereocenters. The molecule has 1 amide bonds. The van der Waals surface area contributed by atoms with Crippen LogP contribution in [0, 0.1) is 20.8 Å². The molecule has 2 saturated carbocycles. The number of halogens is 3. The number of amides is 1. The van der Waals surface area contributed by atoms with Gasteiger partial charge >= 0.3 is 0 Å². The Morgan fingerprint density at radius 3 is 2.79 bits per heavy atom. The quantitative estimate of drug-likeness (QED) is 0.205. The van der Waals surface area contributed by atoms with Gasteiger partial charge in [-0.2, -0.15) is 5.10 Å². The van der Waals surface area contributed by atoms with Gasteiger partial charge in [-0.05, 0) is 83.5 Å². The summed E-state index contributed by atoms with van der Waals surface area (Å²) in [6, 6.07) is 9.12. The van der Waals surface area contributed by atoms with Crippen molar-refractivity contribution in [2.45, 2.75) is 46.1 Å². The molecule has 1 N–H and O–H groups in total. The van der Waals surface area contributed by atoms with E-state index in [-0.39, 0.29) is 23.8 Å². The van der Waals surface area contributed by atoms with Gasteiger partial charge in [0.2, 0.25) is 5.91 Å². The minimum atomic E-state index is 0.0279. The highest BCUT2D eigenvalue weighted by atomic mass is 127. The Labute approximate surface area is 218 Å². The average molecular weight is 601 g/mol. The summed E-state index contributed by atoms with van der Waals surface area (Å²) in [7, 11) is 0. The van der Waals surface area contributed by atoms with Crippen LogP contribution < -0.4 is 14.9 Å². The summed E-state index contributed by atoms with van der Waals surface area (Å²) < 4.78 is 12.7. The third-order valence-corrected chi connectivity index (χ3v) is 8.11. The zero-order chi connectivity index (χ0) is 23.6. The van der Waals surface area contributed by atoms with Crippen molar-refractivity contribution in [3.8, 4) is 11.5 Å². The third-order valence-electron chi connectivity index (χ3n) is 6.72. The van der Waals surface area contributed by atoms with Crippen LogP contribution in [0.15, 0.2) is 35.4 Å². The molecule has 2 fully saturated rings. The van der Waals surface area contributed by atoms with Crippen molar-refractivity contribution in [1.82, 2.24) is 5.43 Å². The molecular weight excluding hydrogens is 574 g/mol. The second-order valence-electron chi connectivity index (χ2n) is 8.86. The van der Waals surface area contributed by atoms with Crippen LogP contribution in [-0.4, -0.2) is 18.7 Å². The minimum Gasteiger partial charge on any atom is -0.490 e. The van der Waals surface area contributed by atoms with Gasteiger partial charge in [0, 0.05) is 21.5 Å². The molecule has 2 aliphatic carbocycles. The monoisotopic (exact) mass is 600 g/mol. The van der Waals surface area contributed by atoms with Crippen LogP contribution >= 0.6 is 45.8 Å². The second-order valence-corrected chi connectivity index (χ2v) is 10.9. The number of carbonyl (C=O) groups is 1. The molecule has 5 nitrogen and oxygen atoms in total. The summed E-state index contributed by atoms with van der Waals surface area (Å²) in [5.41, 5.74) is 4.57. The van der Waals surface area contributed by atoms with E-state index in [2.05, 4.69) is 40.0 Å². The highest BCUT2D eigenvalue weighted by molar-refractivity contribution is 14.1. The average Bonchev–Trinajstić information content (AvgIpc) is 3.40. The van der Waals surface area contributed by atoms with Crippen molar-refractivity contribution in [1.29, 1.82) is 0 Å². The lowest BCUT2D eigenvalue weighted by Gasteiger charge is -2.15. The molecule has 0 bridgehead atoms. The number of benzene rings is 2. The van der Waals surface area contributed by atoms with Gasteiger partial charge in [-0.1, -0.05) is 49.0 Å².